The first kappa shape index (κ1) is 17.5. The number of piperidine rings is 2. The Bertz CT molecular complexity index is 544. The third-order valence-electron chi connectivity index (χ3n) is 5.09. The van der Waals surface area contributed by atoms with E-state index >= 15 is 0 Å². The van der Waals surface area contributed by atoms with E-state index in [9.17, 15) is 22.8 Å². The van der Waals surface area contributed by atoms with Crippen molar-refractivity contribution < 1.29 is 27.5 Å². The molecule has 0 saturated carbocycles. The van der Waals surface area contributed by atoms with Crippen molar-refractivity contribution in [3.8, 4) is 0 Å². The summed E-state index contributed by atoms with van der Waals surface area (Å²) in [5.74, 6) is -1.16. The van der Waals surface area contributed by atoms with Crippen LogP contribution in [0.1, 0.15) is 40.0 Å². The van der Waals surface area contributed by atoms with Crippen molar-refractivity contribution in [3.05, 3.63) is 0 Å². The monoisotopic (exact) mass is 348 g/mol. The Labute approximate surface area is 138 Å². The van der Waals surface area contributed by atoms with Crippen LogP contribution >= 0.6 is 0 Å². The Morgan fingerprint density at radius 3 is 2.38 bits per heavy atom. The van der Waals surface area contributed by atoms with Crippen LogP contribution in [-0.2, 0) is 14.3 Å². The number of rotatable bonds is 2. The van der Waals surface area contributed by atoms with Gasteiger partial charge in [-0.2, -0.15) is 13.2 Å². The number of hydrogen-bond donors (Lipinski definition) is 1. The average molecular weight is 348 g/mol. The molecule has 3 aliphatic rings. The quantitative estimate of drug-likeness (QED) is 0.774. The molecule has 0 unspecified atom stereocenters. The largest absolute Gasteiger partial charge is 0.458 e. The summed E-state index contributed by atoms with van der Waals surface area (Å²) in [5.41, 5.74) is -0.699. The summed E-state index contributed by atoms with van der Waals surface area (Å²) in [5, 5.41) is 3.32. The molecule has 5 nitrogen and oxygen atoms in total. The Morgan fingerprint density at radius 1 is 1.17 bits per heavy atom. The van der Waals surface area contributed by atoms with E-state index in [0.29, 0.717) is 13.0 Å². The molecule has 0 radical (unpaired) electrons. The molecule has 8 heteroatoms. The standard InChI is InChI=1S/C16H23F3N2O3/c1-15(2,3)14(23)24-13-10-5-8-4-9(20-10)12(13)21(7-8)11(22)6-16(17,18)19/h8-10,12-13,20H,4-7H2,1-3H3/t8-,9+,10+,12-,13-/m0/s1. The number of nitrogens with zero attached hydrogens (tertiary/aromatic N) is 1. The minimum atomic E-state index is -4.53. The van der Waals surface area contributed by atoms with E-state index in [1.54, 1.807) is 20.8 Å². The Morgan fingerprint density at radius 2 is 1.79 bits per heavy atom. The van der Waals surface area contributed by atoms with Crippen LogP contribution in [0, 0.1) is 11.3 Å². The van der Waals surface area contributed by atoms with Crippen molar-refractivity contribution in [1.29, 1.82) is 0 Å². The van der Waals surface area contributed by atoms with Gasteiger partial charge in [-0.25, -0.2) is 0 Å². The maximum atomic E-state index is 12.6. The number of ether oxygens (including phenoxy) is 1. The van der Waals surface area contributed by atoms with Crippen LogP contribution in [-0.4, -0.2) is 53.7 Å². The van der Waals surface area contributed by atoms with Gasteiger partial charge < -0.3 is 15.0 Å². The Balaban J connectivity index is 1.81. The summed E-state index contributed by atoms with van der Waals surface area (Å²) in [6.07, 6.45) is -5.05. The van der Waals surface area contributed by atoms with Crippen LogP contribution in [0.3, 0.4) is 0 Å². The molecule has 3 saturated heterocycles. The molecule has 3 heterocycles. The zero-order valence-electron chi connectivity index (χ0n) is 14.0. The van der Waals surface area contributed by atoms with Gasteiger partial charge in [-0.1, -0.05) is 0 Å². The maximum Gasteiger partial charge on any atom is 0.397 e. The number of amides is 1. The van der Waals surface area contributed by atoms with Gasteiger partial charge in [0.25, 0.3) is 0 Å². The van der Waals surface area contributed by atoms with Crippen molar-refractivity contribution in [1.82, 2.24) is 10.2 Å². The maximum absolute atomic E-state index is 12.6. The fourth-order valence-corrected chi connectivity index (χ4v) is 4.10. The van der Waals surface area contributed by atoms with Crippen LogP contribution in [0.4, 0.5) is 13.2 Å². The van der Waals surface area contributed by atoms with E-state index in [4.69, 9.17) is 4.74 Å². The van der Waals surface area contributed by atoms with E-state index in [-0.39, 0.29) is 18.0 Å². The lowest BCUT2D eigenvalue weighted by atomic mass is 9.88. The zero-order chi connectivity index (χ0) is 17.9. The number of carbonyl (C=O) groups is 2. The normalized spacial score (nSPS) is 35.2. The number of esters is 1. The van der Waals surface area contributed by atoms with Crippen LogP contribution in [0.5, 0.6) is 0 Å². The lowest BCUT2D eigenvalue weighted by molar-refractivity contribution is -0.171. The van der Waals surface area contributed by atoms with Gasteiger partial charge in [-0.15, -0.1) is 0 Å². The number of alkyl halides is 3. The van der Waals surface area contributed by atoms with E-state index in [1.807, 2.05) is 0 Å². The Hall–Kier alpha value is -1.31. The van der Waals surface area contributed by atoms with Gasteiger partial charge in [-0.05, 0) is 39.5 Å². The van der Waals surface area contributed by atoms with Gasteiger partial charge in [0, 0.05) is 18.6 Å². The number of halogens is 3. The molecule has 3 aliphatic heterocycles. The molecule has 3 bridgehead atoms. The van der Waals surface area contributed by atoms with Crippen LogP contribution in [0.2, 0.25) is 0 Å². The number of likely N-dealkylation sites (tertiary alicyclic amines) is 1. The van der Waals surface area contributed by atoms with Crippen molar-refractivity contribution in [2.24, 2.45) is 11.3 Å². The molecule has 5 atom stereocenters. The number of nitrogens with one attached hydrogen (secondary N) is 1. The molecule has 3 rings (SSSR count). The second-order valence-electron chi connectivity index (χ2n) is 8.17. The van der Waals surface area contributed by atoms with Gasteiger partial charge >= 0.3 is 12.1 Å². The van der Waals surface area contributed by atoms with Crippen LogP contribution in [0.15, 0.2) is 0 Å². The summed E-state index contributed by atoms with van der Waals surface area (Å²) in [7, 11) is 0. The van der Waals surface area contributed by atoms with Crippen molar-refractivity contribution >= 4 is 11.9 Å². The summed E-state index contributed by atoms with van der Waals surface area (Å²) in [6, 6.07) is -0.693. The number of carbonyl (C=O) groups excluding carboxylic acids is 2. The fourth-order valence-electron chi connectivity index (χ4n) is 4.10. The first-order valence-corrected chi connectivity index (χ1v) is 8.29. The highest BCUT2D eigenvalue weighted by Crippen LogP contribution is 2.42. The molecule has 24 heavy (non-hydrogen) atoms. The van der Waals surface area contributed by atoms with Crippen molar-refractivity contribution in [2.45, 2.75) is 70.4 Å². The molecule has 1 N–H and O–H groups in total. The SMILES string of the molecule is CC(C)(C)C(=O)O[C@@H]1[C@@H]2[C@H]3C[C@@H](C[C@H]1N3)CN2C(=O)CC(F)(F)F. The highest BCUT2D eigenvalue weighted by molar-refractivity contribution is 5.78. The summed E-state index contributed by atoms with van der Waals surface area (Å²) < 4.78 is 43.5. The molecule has 136 valence electrons. The fraction of sp³-hybridized carbons (Fsp3) is 0.875. The van der Waals surface area contributed by atoms with Gasteiger partial charge in [0.15, 0.2) is 0 Å². The molecule has 0 aromatic heterocycles. The van der Waals surface area contributed by atoms with E-state index in [2.05, 4.69) is 5.32 Å². The molecular formula is C16H23F3N2O3. The number of fused-ring (bicyclic) bond motifs is 2. The molecule has 1 amide bonds. The van der Waals surface area contributed by atoms with Crippen LogP contribution < -0.4 is 5.32 Å². The molecule has 3 fully saturated rings. The molecular weight excluding hydrogens is 325 g/mol. The molecule has 0 aromatic carbocycles. The average Bonchev–Trinajstić information content (AvgIpc) is 2.57. The van der Waals surface area contributed by atoms with Gasteiger partial charge in [0.05, 0.1) is 11.5 Å². The molecule has 0 spiro atoms. The lowest BCUT2D eigenvalue weighted by Crippen LogP contribution is -2.58. The van der Waals surface area contributed by atoms with E-state index in [0.717, 1.165) is 6.42 Å². The molecule has 0 aromatic rings. The first-order valence-electron chi connectivity index (χ1n) is 8.29. The third kappa shape index (κ3) is 3.25. The van der Waals surface area contributed by atoms with Gasteiger partial charge in [-0.3, -0.25) is 9.59 Å². The minimum absolute atomic E-state index is 0.0891. The van der Waals surface area contributed by atoms with E-state index in [1.165, 1.54) is 4.90 Å². The highest BCUT2D eigenvalue weighted by atomic mass is 19.4. The highest BCUT2D eigenvalue weighted by Gasteiger charge is 2.57. The second kappa shape index (κ2) is 5.61. The van der Waals surface area contributed by atoms with Gasteiger partial charge in [0.1, 0.15) is 12.5 Å². The van der Waals surface area contributed by atoms with E-state index < -0.39 is 42.0 Å². The topological polar surface area (TPSA) is 58.6 Å². The van der Waals surface area contributed by atoms with Crippen molar-refractivity contribution in [3.63, 3.8) is 0 Å². The first-order chi connectivity index (χ1) is 11.0. The smallest absolute Gasteiger partial charge is 0.397 e. The van der Waals surface area contributed by atoms with Crippen molar-refractivity contribution in [2.75, 3.05) is 6.54 Å². The minimum Gasteiger partial charge on any atom is -0.458 e. The summed E-state index contributed by atoms with van der Waals surface area (Å²) >= 11 is 0. The summed E-state index contributed by atoms with van der Waals surface area (Å²) in [6.45, 7) is 5.51. The summed E-state index contributed by atoms with van der Waals surface area (Å²) in [4.78, 5) is 25.7. The van der Waals surface area contributed by atoms with Crippen LogP contribution in [0.25, 0.3) is 0 Å². The predicted octanol–water partition coefficient (Wildman–Crippen LogP) is 1.86. The zero-order valence-corrected chi connectivity index (χ0v) is 14.0. The second-order valence-corrected chi connectivity index (χ2v) is 8.17. The number of hydrogen-bond acceptors (Lipinski definition) is 4. The Kier molecular flexibility index (Phi) is 4.09. The third-order valence-corrected chi connectivity index (χ3v) is 5.09. The predicted molar refractivity (Wildman–Crippen MR) is 78.9 cm³/mol. The molecule has 0 aliphatic carbocycles. The lowest BCUT2D eigenvalue weighted by Gasteiger charge is -2.42. The van der Waals surface area contributed by atoms with Gasteiger partial charge in [0.2, 0.25) is 5.91 Å².